The van der Waals surface area contributed by atoms with Gasteiger partial charge in [-0.05, 0) is 31.2 Å². The van der Waals surface area contributed by atoms with E-state index in [0.29, 0.717) is 0 Å². The van der Waals surface area contributed by atoms with E-state index < -0.39 is 0 Å². The van der Waals surface area contributed by atoms with Gasteiger partial charge in [0.2, 0.25) is 0 Å². The van der Waals surface area contributed by atoms with Crippen LogP contribution in [0.4, 0.5) is 0 Å². The Kier molecular flexibility index (Phi) is 6.86. The molecule has 0 fully saturated rings. The van der Waals surface area contributed by atoms with Crippen LogP contribution in [-0.4, -0.2) is 29.8 Å². The summed E-state index contributed by atoms with van der Waals surface area (Å²) < 4.78 is 5.85. The number of benzene rings is 1. The molecule has 0 aliphatic rings. The molecule has 4 heteroatoms. The lowest BCUT2D eigenvalue weighted by Gasteiger charge is -2.03. The molecular weight excluding hydrogens is 282 g/mol. The summed E-state index contributed by atoms with van der Waals surface area (Å²) in [5.41, 5.74) is 2.37. The molecule has 2 rings (SSSR count). The van der Waals surface area contributed by atoms with Gasteiger partial charge < -0.3 is 14.8 Å². The first kappa shape index (κ1) is 16.1. The number of aliphatic hydroxyl groups excluding tert-OH is 1. The van der Waals surface area contributed by atoms with Gasteiger partial charge in [0.1, 0.15) is 11.5 Å². The van der Waals surface area contributed by atoms with Crippen molar-refractivity contribution in [2.45, 2.75) is 19.9 Å². The molecule has 21 heavy (non-hydrogen) atoms. The minimum Gasteiger partial charge on any atom is -0.460 e. The molecule has 1 aromatic heterocycles. The third-order valence-electron chi connectivity index (χ3n) is 3.17. The SMILES string of the molecule is Cc1ccc(-c2ccc(CNCCSCCCO)o2)cc1. The second kappa shape index (κ2) is 8.93. The smallest absolute Gasteiger partial charge is 0.134 e. The molecule has 0 saturated heterocycles. The quantitative estimate of drug-likeness (QED) is 0.696. The van der Waals surface area contributed by atoms with Crippen LogP contribution in [-0.2, 0) is 6.54 Å². The summed E-state index contributed by atoms with van der Waals surface area (Å²) in [5.74, 6) is 3.97. The molecule has 0 aliphatic heterocycles. The van der Waals surface area contributed by atoms with Crippen molar-refractivity contribution in [2.24, 2.45) is 0 Å². The van der Waals surface area contributed by atoms with E-state index in [1.54, 1.807) is 0 Å². The van der Waals surface area contributed by atoms with Gasteiger partial charge in [0.15, 0.2) is 0 Å². The molecule has 0 amide bonds. The maximum absolute atomic E-state index is 8.69. The van der Waals surface area contributed by atoms with Gasteiger partial charge in [-0.25, -0.2) is 0 Å². The van der Waals surface area contributed by atoms with Crippen LogP contribution in [0.5, 0.6) is 0 Å². The third-order valence-corrected chi connectivity index (χ3v) is 4.24. The maximum atomic E-state index is 8.69. The van der Waals surface area contributed by atoms with Gasteiger partial charge in [-0.1, -0.05) is 29.8 Å². The summed E-state index contributed by atoms with van der Waals surface area (Å²) in [6.45, 7) is 4.08. The van der Waals surface area contributed by atoms with Crippen LogP contribution in [0.2, 0.25) is 0 Å². The van der Waals surface area contributed by atoms with E-state index in [2.05, 4.69) is 36.5 Å². The summed E-state index contributed by atoms with van der Waals surface area (Å²) in [7, 11) is 0. The Labute approximate surface area is 130 Å². The summed E-state index contributed by atoms with van der Waals surface area (Å²) in [6, 6.07) is 12.4. The number of aryl methyl sites for hydroxylation is 1. The average molecular weight is 305 g/mol. The van der Waals surface area contributed by atoms with E-state index in [1.165, 1.54) is 5.56 Å². The fraction of sp³-hybridized carbons (Fsp3) is 0.412. The number of hydrogen-bond donors (Lipinski definition) is 2. The number of furan rings is 1. The zero-order valence-corrected chi connectivity index (χ0v) is 13.3. The van der Waals surface area contributed by atoms with Crippen LogP contribution < -0.4 is 5.32 Å². The highest BCUT2D eigenvalue weighted by Gasteiger charge is 2.04. The van der Waals surface area contributed by atoms with E-state index in [0.717, 1.165) is 48.1 Å². The fourth-order valence-corrected chi connectivity index (χ4v) is 2.80. The van der Waals surface area contributed by atoms with Crippen molar-refractivity contribution < 1.29 is 9.52 Å². The maximum Gasteiger partial charge on any atom is 0.134 e. The molecule has 2 N–H and O–H groups in total. The molecule has 0 aliphatic carbocycles. The van der Waals surface area contributed by atoms with E-state index >= 15 is 0 Å². The Bertz CT molecular complexity index is 522. The second-order valence-electron chi connectivity index (χ2n) is 5.00. The molecule has 0 saturated carbocycles. The van der Waals surface area contributed by atoms with Gasteiger partial charge in [-0.2, -0.15) is 11.8 Å². The highest BCUT2D eigenvalue weighted by molar-refractivity contribution is 7.99. The number of aliphatic hydroxyl groups is 1. The lowest BCUT2D eigenvalue weighted by atomic mass is 10.1. The van der Waals surface area contributed by atoms with Crippen molar-refractivity contribution in [3.8, 4) is 11.3 Å². The van der Waals surface area contributed by atoms with Crippen LogP contribution in [0.3, 0.4) is 0 Å². The Balaban J connectivity index is 1.72. The minimum absolute atomic E-state index is 0.286. The van der Waals surface area contributed by atoms with Crippen LogP contribution in [0, 0.1) is 6.92 Å². The molecule has 114 valence electrons. The summed E-state index contributed by atoms with van der Waals surface area (Å²) in [4.78, 5) is 0. The number of hydrogen-bond acceptors (Lipinski definition) is 4. The lowest BCUT2D eigenvalue weighted by molar-refractivity contribution is 0.296. The highest BCUT2D eigenvalue weighted by atomic mass is 32.2. The predicted molar refractivity (Wildman–Crippen MR) is 89.6 cm³/mol. The van der Waals surface area contributed by atoms with E-state index in [-0.39, 0.29) is 6.61 Å². The van der Waals surface area contributed by atoms with Crippen molar-refractivity contribution in [2.75, 3.05) is 24.7 Å². The van der Waals surface area contributed by atoms with Crippen LogP contribution in [0.1, 0.15) is 17.7 Å². The van der Waals surface area contributed by atoms with E-state index in [4.69, 9.17) is 9.52 Å². The zero-order chi connectivity index (χ0) is 14.9. The van der Waals surface area contributed by atoms with Crippen molar-refractivity contribution in [1.82, 2.24) is 5.32 Å². The Morgan fingerprint density at radius 1 is 1.10 bits per heavy atom. The largest absolute Gasteiger partial charge is 0.460 e. The molecule has 0 unspecified atom stereocenters. The first-order chi connectivity index (χ1) is 10.3. The van der Waals surface area contributed by atoms with Crippen molar-refractivity contribution >= 4 is 11.8 Å². The standard InChI is InChI=1S/C17H23NO2S/c1-14-3-5-15(6-4-14)17-8-7-16(20-17)13-18-9-12-21-11-2-10-19/h3-8,18-19H,2,9-13H2,1H3. The Hall–Kier alpha value is -1.23. The molecule has 0 radical (unpaired) electrons. The zero-order valence-electron chi connectivity index (χ0n) is 12.5. The molecule has 1 aromatic carbocycles. The summed E-state index contributed by atoms with van der Waals surface area (Å²) in [6.07, 6.45) is 0.878. The van der Waals surface area contributed by atoms with Crippen molar-refractivity contribution in [3.63, 3.8) is 0 Å². The number of nitrogens with one attached hydrogen (secondary N) is 1. The normalized spacial score (nSPS) is 11.0. The number of rotatable bonds is 9. The van der Waals surface area contributed by atoms with Crippen LogP contribution in [0.15, 0.2) is 40.8 Å². The summed E-state index contributed by atoms with van der Waals surface area (Å²) in [5, 5.41) is 12.1. The van der Waals surface area contributed by atoms with E-state index in [1.807, 2.05) is 23.9 Å². The first-order valence-electron chi connectivity index (χ1n) is 7.34. The molecular formula is C17H23NO2S. The third kappa shape index (κ3) is 5.58. The molecule has 0 bridgehead atoms. The minimum atomic E-state index is 0.286. The van der Waals surface area contributed by atoms with E-state index in [9.17, 15) is 0 Å². The lowest BCUT2D eigenvalue weighted by Crippen LogP contribution is -2.16. The highest BCUT2D eigenvalue weighted by Crippen LogP contribution is 2.22. The van der Waals surface area contributed by atoms with Gasteiger partial charge in [-0.3, -0.25) is 0 Å². The van der Waals surface area contributed by atoms with Crippen LogP contribution in [0.25, 0.3) is 11.3 Å². The van der Waals surface area contributed by atoms with Gasteiger partial charge in [-0.15, -0.1) is 0 Å². The first-order valence-corrected chi connectivity index (χ1v) is 8.50. The van der Waals surface area contributed by atoms with Gasteiger partial charge in [0, 0.05) is 24.5 Å². The van der Waals surface area contributed by atoms with Gasteiger partial charge in [0.05, 0.1) is 6.54 Å². The second-order valence-corrected chi connectivity index (χ2v) is 6.22. The molecule has 3 nitrogen and oxygen atoms in total. The van der Waals surface area contributed by atoms with Crippen molar-refractivity contribution in [1.29, 1.82) is 0 Å². The topological polar surface area (TPSA) is 45.4 Å². The predicted octanol–water partition coefficient (Wildman–Crippen LogP) is 3.46. The molecule has 0 spiro atoms. The number of thioether (sulfide) groups is 1. The average Bonchev–Trinajstić information content (AvgIpc) is 2.96. The van der Waals surface area contributed by atoms with Crippen molar-refractivity contribution in [3.05, 3.63) is 47.7 Å². The van der Waals surface area contributed by atoms with Crippen LogP contribution >= 0.6 is 11.8 Å². The Morgan fingerprint density at radius 2 is 1.90 bits per heavy atom. The molecule has 1 heterocycles. The van der Waals surface area contributed by atoms with Gasteiger partial charge in [0.25, 0.3) is 0 Å². The molecule has 0 atom stereocenters. The summed E-state index contributed by atoms with van der Waals surface area (Å²) >= 11 is 1.86. The molecule has 2 aromatic rings. The fourth-order valence-electron chi connectivity index (χ4n) is 1.97. The monoisotopic (exact) mass is 305 g/mol. The van der Waals surface area contributed by atoms with Gasteiger partial charge >= 0.3 is 0 Å². The Morgan fingerprint density at radius 3 is 2.67 bits per heavy atom.